The van der Waals surface area contributed by atoms with Crippen LogP contribution in [0.2, 0.25) is 5.02 Å². The molecule has 0 saturated carbocycles. The number of halogens is 2. The van der Waals surface area contributed by atoms with Crippen molar-refractivity contribution >= 4 is 28.7 Å². The molecular formula is C14H13ClFN3O. The summed E-state index contributed by atoms with van der Waals surface area (Å²) in [5.41, 5.74) is 12.8. The number of nitrogens with one attached hydrogen (secondary N) is 1. The van der Waals surface area contributed by atoms with Gasteiger partial charge in [0, 0.05) is 5.56 Å². The first-order chi connectivity index (χ1) is 9.58. The maximum atomic E-state index is 14.2. The van der Waals surface area contributed by atoms with Crippen LogP contribution in [-0.4, -0.2) is 6.61 Å². The normalized spacial score (nSPS) is 16.6. The molecule has 0 aliphatic carbocycles. The van der Waals surface area contributed by atoms with E-state index in [1.54, 1.807) is 0 Å². The Morgan fingerprint density at radius 2 is 2.00 bits per heavy atom. The van der Waals surface area contributed by atoms with Crippen LogP contribution >= 0.6 is 11.6 Å². The molecule has 20 heavy (non-hydrogen) atoms. The van der Waals surface area contributed by atoms with E-state index in [9.17, 15) is 4.39 Å². The number of hydrogen-bond donors (Lipinski definition) is 3. The lowest BCUT2D eigenvalue weighted by Gasteiger charge is -2.17. The fourth-order valence-electron chi connectivity index (χ4n) is 2.27. The van der Waals surface area contributed by atoms with Crippen LogP contribution in [0.25, 0.3) is 0 Å². The highest BCUT2D eigenvalue weighted by atomic mass is 35.5. The van der Waals surface area contributed by atoms with Gasteiger partial charge in [-0.25, -0.2) is 4.39 Å². The van der Waals surface area contributed by atoms with Gasteiger partial charge in [0.25, 0.3) is 0 Å². The minimum absolute atomic E-state index is 0.121. The molecule has 0 bridgehead atoms. The molecule has 0 aromatic heterocycles. The van der Waals surface area contributed by atoms with Crippen molar-refractivity contribution in [3.8, 4) is 5.75 Å². The lowest BCUT2D eigenvalue weighted by Crippen LogP contribution is -2.15. The zero-order chi connectivity index (χ0) is 14.3. The maximum Gasteiger partial charge on any atom is 0.169 e. The van der Waals surface area contributed by atoms with Gasteiger partial charge < -0.3 is 21.5 Å². The molecule has 1 unspecified atom stereocenters. The summed E-state index contributed by atoms with van der Waals surface area (Å²) in [6, 6.07) is 8.84. The summed E-state index contributed by atoms with van der Waals surface area (Å²) in [6.45, 7) is 0.403. The highest BCUT2D eigenvalue weighted by molar-refractivity contribution is 6.33. The number of nitrogens with two attached hydrogens (primary N) is 2. The van der Waals surface area contributed by atoms with Gasteiger partial charge in [0.15, 0.2) is 5.82 Å². The van der Waals surface area contributed by atoms with Gasteiger partial charge in [0.05, 0.1) is 23.1 Å². The Morgan fingerprint density at radius 3 is 2.80 bits per heavy atom. The number of para-hydroxylation sites is 1. The molecule has 0 radical (unpaired) electrons. The number of benzene rings is 2. The number of ether oxygens (including phenoxy) is 1. The van der Waals surface area contributed by atoms with E-state index in [1.807, 2.05) is 24.3 Å². The molecule has 3 rings (SSSR count). The molecular weight excluding hydrogens is 281 g/mol. The monoisotopic (exact) mass is 293 g/mol. The molecule has 0 fully saturated rings. The largest absolute Gasteiger partial charge is 0.491 e. The van der Waals surface area contributed by atoms with Gasteiger partial charge in [-0.2, -0.15) is 0 Å². The second-order valence-corrected chi connectivity index (χ2v) is 4.98. The van der Waals surface area contributed by atoms with E-state index in [2.05, 4.69) is 5.32 Å². The van der Waals surface area contributed by atoms with Crippen LogP contribution in [0.1, 0.15) is 11.6 Å². The Bertz CT molecular complexity index is 678. The zero-order valence-corrected chi connectivity index (χ0v) is 11.2. The third kappa shape index (κ3) is 2.00. The first-order valence-corrected chi connectivity index (χ1v) is 6.47. The predicted octanol–water partition coefficient (Wildman–Crippen LogP) is 3.19. The molecule has 0 amide bonds. The molecule has 1 aliphatic rings. The second-order valence-electron chi connectivity index (χ2n) is 4.60. The quantitative estimate of drug-likeness (QED) is 0.744. The molecule has 0 saturated heterocycles. The first-order valence-electron chi connectivity index (χ1n) is 6.09. The van der Waals surface area contributed by atoms with Gasteiger partial charge in [0.2, 0.25) is 0 Å². The summed E-state index contributed by atoms with van der Waals surface area (Å²) in [6.07, 6.45) is 0. The highest BCUT2D eigenvalue weighted by Gasteiger charge is 2.26. The van der Waals surface area contributed by atoms with Crippen molar-refractivity contribution < 1.29 is 9.13 Å². The van der Waals surface area contributed by atoms with Crippen molar-refractivity contribution in [2.24, 2.45) is 0 Å². The smallest absolute Gasteiger partial charge is 0.169 e. The van der Waals surface area contributed by atoms with Crippen molar-refractivity contribution in [3.63, 3.8) is 0 Å². The number of hydrogen-bond acceptors (Lipinski definition) is 4. The first kappa shape index (κ1) is 12.9. The second kappa shape index (κ2) is 4.76. The third-order valence-corrected chi connectivity index (χ3v) is 3.67. The van der Waals surface area contributed by atoms with E-state index in [4.69, 9.17) is 27.8 Å². The van der Waals surface area contributed by atoms with E-state index in [-0.39, 0.29) is 28.1 Å². The highest BCUT2D eigenvalue weighted by Crippen LogP contribution is 2.39. The van der Waals surface area contributed by atoms with Gasteiger partial charge in [-0.05, 0) is 12.1 Å². The summed E-state index contributed by atoms with van der Waals surface area (Å²) in [5.74, 6) is 0.138. The van der Waals surface area contributed by atoms with E-state index >= 15 is 0 Å². The fraction of sp³-hybridized carbons (Fsp3) is 0.143. The molecule has 4 nitrogen and oxygen atoms in total. The van der Waals surface area contributed by atoms with Crippen molar-refractivity contribution in [2.45, 2.75) is 6.04 Å². The zero-order valence-electron chi connectivity index (χ0n) is 10.5. The molecule has 2 aromatic rings. The van der Waals surface area contributed by atoms with Crippen molar-refractivity contribution in [3.05, 3.63) is 46.7 Å². The third-order valence-electron chi connectivity index (χ3n) is 3.28. The van der Waals surface area contributed by atoms with Crippen molar-refractivity contribution in [2.75, 3.05) is 23.4 Å². The summed E-state index contributed by atoms with van der Waals surface area (Å²) < 4.78 is 19.7. The van der Waals surface area contributed by atoms with Gasteiger partial charge in [-0.15, -0.1) is 0 Å². The van der Waals surface area contributed by atoms with E-state index in [0.29, 0.717) is 6.61 Å². The molecule has 1 aliphatic heterocycles. The Kier molecular flexibility index (Phi) is 3.06. The molecule has 0 spiro atoms. The van der Waals surface area contributed by atoms with Crippen LogP contribution in [-0.2, 0) is 0 Å². The molecule has 5 N–H and O–H groups in total. The van der Waals surface area contributed by atoms with E-state index < -0.39 is 5.82 Å². The Morgan fingerprint density at radius 1 is 1.25 bits per heavy atom. The summed E-state index contributed by atoms with van der Waals surface area (Å²) in [7, 11) is 0. The predicted molar refractivity (Wildman–Crippen MR) is 78.5 cm³/mol. The fourth-order valence-corrected chi connectivity index (χ4v) is 2.42. The lowest BCUT2D eigenvalue weighted by molar-refractivity contribution is 0.339. The van der Waals surface area contributed by atoms with Crippen LogP contribution in [0.4, 0.5) is 21.5 Å². The van der Waals surface area contributed by atoms with Gasteiger partial charge in [-0.3, -0.25) is 0 Å². The Hall–Kier alpha value is -2.14. The number of rotatable bonds is 2. The molecule has 6 heteroatoms. The molecule has 1 heterocycles. The average Bonchev–Trinajstić information content (AvgIpc) is 2.84. The topological polar surface area (TPSA) is 73.3 Å². The lowest BCUT2D eigenvalue weighted by atomic mass is 10.1. The van der Waals surface area contributed by atoms with Crippen molar-refractivity contribution in [1.82, 2.24) is 0 Å². The molecule has 104 valence electrons. The van der Waals surface area contributed by atoms with Crippen molar-refractivity contribution in [1.29, 1.82) is 0 Å². The summed E-state index contributed by atoms with van der Waals surface area (Å²) in [5, 5.41) is 2.91. The maximum absolute atomic E-state index is 14.2. The number of nitrogen functional groups attached to an aromatic ring is 2. The van der Waals surface area contributed by atoms with Crippen LogP contribution in [0, 0.1) is 5.82 Å². The number of fused-ring (bicyclic) bond motifs is 1. The SMILES string of the molecule is Nc1cc(N)c(NC2COc3ccccc32)c(F)c1Cl. The van der Waals surface area contributed by atoms with Gasteiger partial charge >= 0.3 is 0 Å². The van der Waals surface area contributed by atoms with Crippen LogP contribution in [0.5, 0.6) is 5.75 Å². The van der Waals surface area contributed by atoms with E-state index in [0.717, 1.165) is 11.3 Å². The summed E-state index contributed by atoms with van der Waals surface area (Å²) in [4.78, 5) is 0. The van der Waals surface area contributed by atoms with Crippen LogP contribution in [0.3, 0.4) is 0 Å². The van der Waals surface area contributed by atoms with Crippen LogP contribution < -0.4 is 21.5 Å². The Balaban J connectivity index is 1.96. The molecule has 1 atom stereocenters. The Labute approximate surface area is 120 Å². The standard InChI is InChI=1S/C14H13ClFN3O/c15-12-8(17)5-9(18)14(13(12)16)19-10-6-20-11-4-2-1-3-7(10)11/h1-5,10,19H,6,17-18H2. The summed E-state index contributed by atoms with van der Waals surface area (Å²) >= 11 is 5.81. The average molecular weight is 294 g/mol. The van der Waals surface area contributed by atoms with E-state index in [1.165, 1.54) is 6.07 Å². The minimum Gasteiger partial charge on any atom is -0.491 e. The van der Waals surface area contributed by atoms with Crippen LogP contribution in [0.15, 0.2) is 30.3 Å². The molecule has 2 aromatic carbocycles. The minimum atomic E-state index is -0.645. The van der Waals surface area contributed by atoms with Gasteiger partial charge in [-0.1, -0.05) is 29.8 Å². The van der Waals surface area contributed by atoms with Gasteiger partial charge in [0.1, 0.15) is 17.4 Å². The number of anilines is 3.